The minimum Gasteiger partial charge on any atom is -0.347 e. The third-order valence-corrected chi connectivity index (χ3v) is 3.59. The van der Waals surface area contributed by atoms with Gasteiger partial charge in [0.05, 0.1) is 5.69 Å². The Balaban J connectivity index is 1.73. The first-order valence-corrected chi connectivity index (χ1v) is 7.70. The highest BCUT2D eigenvalue weighted by atomic mass is 19.2. The molecule has 0 bridgehead atoms. The van der Waals surface area contributed by atoms with Gasteiger partial charge in [0.15, 0.2) is 17.5 Å². The highest BCUT2D eigenvalue weighted by molar-refractivity contribution is 5.92. The molecule has 1 aromatic heterocycles. The van der Waals surface area contributed by atoms with Gasteiger partial charge in [-0.15, -0.1) is 0 Å². The van der Waals surface area contributed by atoms with Crippen molar-refractivity contribution in [3.05, 3.63) is 83.3 Å². The zero-order valence-electron chi connectivity index (χ0n) is 13.6. The van der Waals surface area contributed by atoms with Crippen molar-refractivity contribution >= 4 is 17.4 Å². The van der Waals surface area contributed by atoms with Gasteiger partial charge in [0, 0.05) is 18.2 Å². The van der Waals surface area contributed by atoms with Crippen LogP contribution in [0.5, 0.6) is 0 Å². The molecule has 0 aliphatic heterocycles. The lowest BCUT2D eigenvalue weighted by atomic mass is 10.2. The second kappa shape index (κ2) is 7.81. The third-order valence-electron chi connectivity index (χ3n) is 3.59. The number of aromatic nitrogens is 2. The first-order valence-electron chi connectivity index (χ1n) is 7.70. The molecule has 0 saturated heterocycles. The molecule has 2 N–H and O–H groups in total. The number of nitrogens with one attached hydrogen (secondary N) is 2. The van der Waals surface area contributed by atoms with Crippen LogP contribution in [-0.2, 0) is 6.54 Å². The van der Waals surface area contributed by atoms with Crippen LogP contribution in [0, 0.1) is 23.3 Å². The van der Waals surface area contributed by atoms with Crippen molar-refractivity contribution in [3.8, 4) is 0 Å². The smallest absolute Gasteiger partial charge is 0.270 e. The van der Waals surface area contributed by atoms with Gasteiger partial charge < -0.3 is 10.6 Å². The molecule has 0 aliphatic rings. The molecule has 0 fully saturated rings. The summed E-state index contributed by atoms with van der Waals surface area (Å²) < 4.78 is 53.5. The predicted molar refractivity (Wildman–Crippen MR) is 89.2 cm³/mol. The Morgan fingerprint density at radius 1 is 0.926 bits per heavy atom. The maximum Gasteiger partial charge on any atom is 0.270 e. The fourth-order valence-electron chi connectivity index (χ4n) is 2.22. The number of rotatable bonds is 5. The van der Waals surface area contributed by atoms with Crippen molar-refractivity contribution in [1.29, 1.82) is 0 Å². The highest BCUT2D eigenvalue weighted by Gasteiger charge is 2.15. The van der Waals surface area contributed by atoms with Crippen LogP contribution in [0.15, 0.2) is 48.8 Å². The summed E-state index contributed by atoms with van der Waals surface area (Å²) in [7, 11) is 0. The Labute approximate surface area is 151 Å². The number of benzene rings is 2. The largest absolute Gasteiger partial charge is 0.347 e. The van der Waals surface area contributed by atoms with E-state index in [4.69, 9.17) is 0 Å². The highest BCUT2D eigenvalue weighted by Crippen LogP contribution is 2.22. The van der Waals surface area contributed by atoms with Crippen LogP contribution < -0.4 is 10.6 Å². The fourth-order valence-corrected chi connectivity index (χ4v) is 2.22. The molecule has 0 unspecified atom stereocenters. The first-order chi connectivity index (χ1) is 13.0. The molecule has 0 spiro atoms. The number of carbonyl (C=O) groups excluding carboxylic acids is 1. The Bertz CT molecular complexity index is 997. The molecule has 9 heteroatoms. The molecule has 3 rings (SSSR count). The maximum absolute atomic E-state index is 13.7. The van der Waals surface area contributed by atoms with E-state index < -0.39 is 29.2 Å². The normalized spacial score (nSPS) is 10.5. The fraction of sp³-hybridized carbons (Fsp3) is 0.0556. The van der Waals surface area contributed by atoms with Gasteiger partial charge in [-0.1, -0.05) is 18.2 Å². The second-order valence-corrected chi connectivity index (χ2v) is 5.41. The molecule has 0 radical (unpaired) electrons. The van der Waals surface area contributed by atoms with Gasteiger partial charge in [0.2, 0.25) is 0 Å². The van der Waals surface area contributed by atoms with Crippen LogP contribution in [-0.4, -0.2) is 15.9 Å². The van der Waals surface area contributed by atoms with Crippen molar-refractivity contribution < 1.29 is 22.4 Å². The Morgan fingerprint density at radius 3 is 2.48 bits per heavy atom. The molecular weight excluding hydrogens is 364 g/mol. The minimum absolute atomic E-state index is 0.00838. The summed E-state index contributed by atoms with van der Waals surface area (Å²) >= 11 is 0. The van der Waals surface area contributed by atoms with Gasteiger partial charge in [-0.05, 0) is 18.2 Å². The molecule has 1 amide bonds. The van der Waals surface area contributed by atoms with E-state index in [1.165, 1.54) is 24.3 Å². The van der Waals surface area contributed by atoms with Crippen molar-refractivity contribution in [2.75, 3.05) is 5.32 Å². The van der Waals surface area contributed by atoms with E-state index in [1.54, 1.807) is 6.07 Å². The van der Waals surface area contributed by atoms with Crippen LogP contribution in [0.2, 0.25) is 0 Å². The first kappa shape index (κ1) is 18.3. The summed E-state index contributed by atoms with van der Waals surface area (Å²) in [5, 5.41) is 4.94. The van der Waals surface area contributed by atoms with Crippen LogP contribution in [0.3, 0.4) is 0 Å². The lowest BCUT2D eigenvalue weighted by Gasteiger charge is -2.09. The van der Waals surface area contributed by atoms with E-state index in [2.05, 4.69) is 20.6 Å². The van der Waals surface area contributed by atoms with E-state index in [-0.39, 0.29) is 23.7 Å². The van der Waals surface area contributed by atoms with E-state index in [9.17, 15) is 22.4 Å². The second-order valence-electron chi connectivity index (χ2n) is 5.41. The summed E-state index contributed by atoms with van der Waals surface area (Å²) in [5.41, 5.74) is -0.140. The van der Waals surface area contributed by atoms with Gasteiger partial charge in [-0.25, -0.2) is 27.5 Å². The average Bonchev–Trinajstić information content (AvgIpc) is 2.68. The molecule has 1 heterocycles. The van der Waals surface area contributed by atoms with E-state index >= 15 is 0 Å². The maximum atomic E-state index is 13.7. The van der Waals surface area contributed by atoms with Crippen LogP contribution in [0.1, 0.15) is 16.1 Å². The summed E-state index contributed by atoms with van der Waals surface area (Å²) in [4.78, 5) is 19.7. The van der Waals surface area contributed by atoms with E-state index in [0.717, 1.165) is 18.5 Å². The van der Waals surface area contributed by atoms with Crippen LogP contribution in [0.25, 0.3) is 0 Å². The van der Waals surface area contributed by atoms with E-state index in [1.807, 2.05) is 0 Å². The van der Waals surface area contributed by atoms with Crippen molar-refractivity contribution in [3.63, 3.8) is 0 Å². The van der Waals surface area contributed by atoms with Gasteiger partial charge in [0.25, 0.3) is 5.91 Å². The number of nitrogens with zero attached hydrogens (tertiary/aromatic N) is 2. The summed E-state index contributed by atoms with van der Waals surface area (Å²) in [6, 6.07) is 8.89. The van der Waals surface area contributed by atoms with E-state index in [0.29, 0.717) is 5.56 Å². The van der Waals surface area contributed by atoms with Crippen LogP contribution >= 0.6 is 0 Å². The Morgan fingerprint density at radius 2 is 1.70 bits per heavy atom. The average molecular weight is 376 g/mol. The SMILES string of the molecule is O=C(NCc1ccccc1F)c1cc(Nc2ccc(F)c(F)c2F)ncn1. The van der Waals surface area contributed by atoms with Gasteiger partial charge in [0.1, 0.15) is 23.7 Å². The molecular formula is C18H12F4N4O. The number of hydrogen-bond acceptors (Lipinski definition) is 4. The van der Waals surface area contributed by atoms with Crippen molar-refractivity contribution in [2.45, 2.75) is 6.54 Å². The standard InChI is InChI=1S/C18H12F4N4O/c19-11-4-2-1-3-10(11)8-23-18(27)14-7-15(25-9-24-14)26-13-6-5-12(20)16(21)17(13)22/h1-7,9H,8H2,(H,23,27)(H,24,25,26). The molecule has 0 saturated carbocycles. The van der Waals surface area contributed by atoms with Crippen molar-refractivity contribution in [1.82, 2.24) is 15.3 Å². The van der Waals surface area contributed by atoms with Gasteiger partial charge >= 0.3 is 0 Å². The zero-order chi connectivity index (χ0) is 19.4. The van der Waals surface area contributed by atoms with Crippen LogP contribution in [0.4, 0.5) is 29.1 Å². The number of amides is 1. The molecule has 0 atom stereocenters. The molecule has 5 nitrogen and oxygen atoms in total. The number of carbonyl (C=O) groups is 1. The Hall–Kier alpha value is -3.49. The number of hydrogen-bond donors (Lipinski definition) is 2. The lowest BCUT2D eigenvalue weighted by Crippen LogP contribution is -2.24. The number of anilines is 2. The zero-order valence-corrected chi connectivity index (χ0v) is 13.6. The summed E-state index contributed by atoms with van der Waals surface area (Å²) in [6.45, 7) is -0.0595. The quantitative estimate of drug-likeness (QED) is 0.526. The molecule has 2 aromatic carbocycles. The summed E-state index contributed by atoms with van der Waals surface area (Å²) in [5.74, 6) is -5.46. The van der Waals surface area contributed by atoms with Crippen molar-refractivity contribution in [2.24, 2.45) is 0 Å². The third kappa shape index (κ3) is 4.20. The number of halogens is 4. The van der Waals surface area contributed by atoms with Gasteiger partial charge in [-0.3, -0.25) is 4.79 Å². The minimum atomic E-state index is -1.63. The predicted octanol–water partition coefficient (Wildman–Crippen LogP) is 3.71. The molecule has 27 heavy (non-hydrogen) atoms. The molecule has 0 aliphatic carbocycles. The molecule has 3 aromatic rings. The lowest BCUT2D eigenvalue weighted by molar-refractivity contribution is 0.0945. The topological polar surface area (TPSA) is 66.9 Å². The summed E-state index contributed by atoms with van der Waals surface area (Å²) in [6.07, 6.45) is 1.04. The van der Waals surface area contributed by atoms with Gasteiger partial charge in [-0.2, -0.15) is 0 Å². The Kier molecular flexibility index (Phi) is 5.30. The monoisotopic (exact) mass is 376 g/mol. The molecule has 138 valence electrons.